The van der Waals surface area contributed by atoms with Gasteiger partial charge in [0.2, 0.25) is 5.91 Å². The van der Waals surface area contributed by atoms with Crippen molar-refractivity contribution in [2.45, 2.75) is 30.7 Å². The van der Waals surface area contributed by atoms with E-state index in [9.17, 15) is 4.79 Å². The Bertz CT molecular complexity index is 738. The molecule has 4 nitrogen and oxygen atoms in total. The molecule has 1 heterocycles. The second-order valence-corrected chi connectivity index (χ2v) is 7.59. The van der Waals surface area contributed by atoms with E-state index in [0.717, 1.165) is 18.4 Å². The molecule has 1 aliphatic heterocycles. The van der Waals surface area contributed by atoms with Gasteiger partial charge in [0.05, 0.1) is 0 Å². The molecule has 138 valence electrons. The van der Waals surface area contributed by atoms with E-state index in [1.165, 1.54) is 5.56 Å². The first-order valence-electron chi connectivity index (χ1n) is 8.91. The molecule has 1 fully saturated rings. The quantitative estimate of drug-likeness (QED) is 0.845. The molecule has 26 heavy (non-hydrogen) atoms. The van der Waals surface area contributed by atoms with Gasteiger partial charge in [-0.1, -0.05) is 54.1 Å². The summed E-state index contributed by atoms with van der Waals surface area (Å²) in [6.45, 7) is 3.63. The molecule has 1 aliphatic rings. The van der Waals surface area contributed by atoms with Crippen molar-refractivity contribution in [1.29, 1.82) is 0 Å². The second kappa shape index (κ2) is 7.78. The lowest BCUT2D eigenvalue weighted by atomic mass is 9.74. The number of amides is 1. The molecule has 2 aromatic rings. The first-order chi connectivity index (χ1) is 12.4. The number of nitrogens with one attached hydrogen (secondary N) is 1. The van der Waals surface area contributed by atoms with Crippen molar-refractivity contribution in [3.05, 3.63) is 70.7 Å². The lowest BCUT2D eigenvalue weighted by molar-refractivity contribution is -0.126. The predicted octanol–water partition coefficient (Wildman–Crippen LogP) is 3.38. The average Bonchev–Trinajstić information content (AvgIpc) is 2.68. The highest BCUT2D eigenvalue weighted by molar-refractivity contribution is 6.30. The fraction of sp³-hybridized carbons (Fsp3) is 0.381. The maximum atomic E-state index is 12.8. The van der Waals surface area contributed by atoms with Gasteiger partial charge in [-0.3, -0.25) is 4.79 Å². The van der Waals surface area contributed by atoms with Crippen LogP contribution in [0, 0.1) is 0 Å². The zero-order valence-electron chi connectivity index (χ0n) is 15.0. The van der Waals surface area contributed by atoms with Gasteiger partial charge in [0.15, 0.2) is 0 Å². The van der Waals surface area contributed by atoms with Gasteiger partial charge in [0, 0.05) is 30.2 Å². The summed E-state index contributed by atoms with van der Waals surface area (Å²) in [6, 6.07) is 17.3. The van der Waals surface area contributed by atoms with E-state index < -0.39 is 5.54 Å². The van der Waals surface area contributed by atoms with Crippen LogP contribution in [0.5, 0.6) is 0 Å². The number of nitrogens with two attached hydrogens (primary N) is 1. The molecule has 1 amide bonds. The highest BCUT2D eigenvalue weighted by Crippen LogP contribution is 2.35. The number of halogens is 1. The van der Waals surface area contributed by atoms with E-state index in [1.807, 2.05) is 54.6 Å². The van der Waals surface area contributed by atoms with E-state index in [4.69, 9.17) is 22.1 Å². The molecule has 1 saturated heterocycles. The summed E-state index contributed by atoms with van der Waals surface area (Å²) in [5, 5.41) is 3.80. The minimum Gasteiger partial charge on any atom is -0.381 e. The van der Waals surface area contributed by atoms with Gasteiger partial charge in [0.1, 0.15) is 5.54 Å². The van der Waals surface area contributed by atoms with Crippen LogP contribution in [0.15, 0.2) is 54.6 Å². The van der Waals surface area contributed by atoms with Gasteiger partial charge in [-0.15, -0.1) is 0 Å². The molecule has 0 spiro atoms. The van der Waals surface area contributed by atoms with Crippen LogP contribution in [0.1, 0.15) is 30.9 Å². The molecule has 3 N–H and O–H groups in total. The number of rotatable bonds is 5. The molecule has 0 saturated carbocycles. The predicted molar refractivity (Wildman–Crippen MR) is 104 cm³/mol. The Balaban J connectivity index is 1.78. The Morgan fingerprint density at radius 3 is 2.38 bits per heavy atom. The van der Waals surface area contributed by atoms with E-state index >= 15 is 0 Å². The molecular weight excluding hydrogens is 348 g/mol. The molecule has 1 atom stereocenters. The number of hydrogen-bond acceptors (Lipinski definition) is 3. The van der Waals surface area contributed by atoms with E-state index in [2.05, 4.69) is 5.32 Å². The zero-order chi connectivity index (χ0) is 18.6. The first-order valence-corrected chi connectivity index (χ1v) is 9.28. The smallest absolute Gasteiger partial charge is 0.244 e. The summed E-state index contributed by atoms with van der Waals surface area (Å²) in [5.41, 5.74) is 7.07. The van der Waals surface area contributed by atoms with Crippen molar-refractivity contribution < 1.29 is 9.53 Å². The number of benzene rings is 2. The van der Waals surface area contributed by atoms with Gasteiger partial charge < -0.3 is 15.8 Å². The SMILES string of the molecule is CC(N)(C(=O)NCC1(c2ccc(Cl)cc2)CCOCC1)c1ccccc1. The standard InChI is InChI=1S/C21H25ClN2O2/c1-20(23,16-5-3-2-4-6-16)19(25)24-15-21(11-13-26-14-12-21)17-7-9-18(22)10-8-17/h2-10H,11-15,23H2,1H3,(H,24,25). The molecule has 3 rings (SSSR count). The Labute approximate surface area is 159 Å². The van der Waals surface area contributed by atoms with Crippen LogP contribution in [0.4, 0.5) is 0 Å². The zero-order valence-corrected chi connectivity index (χ0v) is 15.8. The van der Waals surface area contributed by atoms with Crippen molar-refractivity contribution in [3.63, 3.8) is 0 Å². The summed E-state index contributed by atoms with van der Waals surface area (Å²) in [4.78, 5) is 12.8. The normalized spacial score (nSPS) is 18.7. The Kier molecular flexibility index (Phi) is 5.66. The van der Waals surface area contributed by atoms with Crippen molar-refractivity contribution in [3.8, 4) is 0 Å². The Morgan fingerprint density at radius 2 is 1.77 bits per heavy atom. The maximum Gasteiger partial charge on any atom is 0.244 e. The van der Waals surface area contributed by atoms with Crippen LogP contribution >= 0.6 is 11.6 Å². The third-order valence-corrected chi connectivity index (χ3v) is 5.59. The summed E-state index contributed by atoms with van der Waals surface area (Å²) in [5.74, 6) is -0.177. The van der Waals surface area contributed by atoms with Gasteiger partial charge in [-0.25, -0.2) is 0 Å². The van der Waals surface area contributed by atoms with Crippen LogP contribution in [0.3, 0.4) is 0 Å². The lowest BCUT2D eigenvalue weighted by Gasteiger charge is -2.39. The van der Waals surface area contributed by atoms with E-state index in [1.54, 1.807) is 6.92 Å². The maximum absolute atomic E-state index is 12.8. The first kappa shape index (κ1) is 18.9. The summed E-state index contributed by atoms with van der Waals surface area (Å²) in [6.07, 6.45) is 1.70. The van der Waals surface area contributed by atoms with Crippen LogP contribution in [-0.4, -0.2) is 25.7 Å². The lowest BCUT2D eigenvalue weighted by Crippen LogP contribution is -2.53. The van der Waals surface area contributed by atoms with Crippen molar-refractivity contribution >= 4 is 17.5 Å². The number of carbonyl (C=O) groups is 1. The van der Waals surface area contributed by atoms with Gasteiger partial charge in [-0.05, 0) is 43.0 Å². The second-order valence-electron chi connectivity index (χ2n) is 7.15. The van der Waals surface area contributed by atoms with Crippen LogP contribution < -0.4 is 11.1 Å². The van der Waals surface area contributed by atoms with Gasteiger partial charge >= 0.3 is 0 Å². The average molecular weight is 373 g/mol. The summed E-state index contributed by atoms with van der Waals surface area (Å²) >= 11 is 6.04. The van der Waals surface area contributed by atoms with E-state index in [0.29, 0.717) is 24.8 Å². The van der Waals surface area contributed by atoms with Crippen LogP contribution in [-0.2, 0) is 20.5 Å². The molecule has 0 aromatic heterocycles. The molecule has 1 unspecified atom stereocenters. The fourth-order valence-electron chi connectivity index (χ4n) is 3.48. The molecule has 0 aliphatic carbocycles. The van der Waals surface area contributed by atoms with Crippen molar-refractivity contribution in [1.82, 2.24) is 5.32 Å². The van der Waals surface area contributed by atoms with Gasteiger partial charge in [0.25, 0.3) is 0 Å². The van der Waals surface area contributed by atoms with Crippen LogP contribution in [0.25, 0.3) is 0 Å². The van der Waals surface area contributed by atoms with Crippen LogP contribution in [0.2, 0.25) is 5.02 Å². The number of hydrogen-bond donors (Lipinski definition) is 2. The highest BCUT2D eigenvalue weighted by atomic mass is 35.5. The Hall–Kier alpha value is -1.88. The monoisotopic (exact) mass is 372 g/mol. The van der Waals surface area contributed by atoms with Crippen molar-refractivity contribution in [2.75, 3.05) is 19.8 Å². The third kappa shape index (κ3) is 3.93. The molecule has 2 aromatic carbocycles. The molecular formula is C21H25ClN2O2. The summed E-state index contributed by atoms with van der Waals surface area (Å²) in [7, 11) is 0. The summed E-state index contributed by atoms with van der Waals surface area (Å²) < 4.78 is 5.55. The largest absolute Gasteiger partial charge is 0.381 e. The molecule has 0 radical (unpaired) electrons. The van der Waals surface area contributed by atoms with Crippen molar-refractivity contribution in [2.24, 2.45) is 5.73 Å². The molecule has 0 bridgehead atoms. The minimum absolute atomic E-state index is 0.161. The number of carbonyl (C=O) groups excluding carboxylic acids is 1. The highest BCUT2D eigenvalue weighted by Gasteiger charge is 2.37. The topological polar surface area (TPSA) is 64.4 Å². The minimum atomic E-state index is -1.08. The molecule has 5 heteroatoms. The van der Waals surface area contributed by atoms with Gasteiger partial charge in [-0.2, -0.15) is 0 Å². The van der Waals surface area contributed by atoms with E-state index in [-0.39, 0.29) is 11.3 Å². The Morgan fingerprint density at radius 1 is 1.15 bits per heavy atom. The number of ether oxygens (including phenoxy) is 1. The fourth-order valence-corrected chi connectivity index (χ4v) is 3.61. The third-order valence-electron chi connectivity index (χ3n) is 5.34.